The Hall–Kier alpha value is -1.01. The van der Waals surface area contributed by atoms with Gasteiger partial charge in [-0.05, 0) is 56.3 Å². The van der Waals surface area contributed by atoms with E-state index in [2.05, 4.69) is 0 Å². The third-order valence-corrected chi connectivity index (χ3v) is 10.9. The molecule has 0 heterocycles. The molecule has 0 unspecified atom stereocenters. The van der Waals surface area contributed by atoms with Gasteiger partial charge in [0.25, 0.3) is 0 Å². The lowest BCUT2D eigenvalue weighted by atomic mass is 9.42. The second kappa shape index (κ2) is 8.83. The number of Topliss-reactive ketones (excluding diaryl/α,β-unsaturated/α-hetero) is 2. The van der Waals surface area contributed by atoms with Gasteiger partial charge in [-0.2, -0.15) is 0 Å². The summed E-state index contributed by atoms with van der Waals surface area (Å²) in [4.78, 5) is 38.5. The molecule has 192 valence electrons. The number of hydrogen-bond donors (Lipinski definition) is 1. The van der Waals surface area contributed by atoms with E-state index < -0.39 is 40.1 Å². The molecule has 0 spiro atoms. The molecule has 0 amide bonds. The minimum absolute atomic E-state index is 0.0367. The highest BCUT2D eigenvalue weighted by atomic mass is 35.5. The predicted molar refractivity (Wildman–Crippen MR) is 127 cm³/mol. The highest BCUT2D eigenvalue weighted by Crippen LogP contribution is 2.72. The lowest BCUT2D eigenvalue weighted by Gasteiger charge is -2.65. The lowest BCUT2D eigenvalue weighted by Crippen LogP contribution is -2.71. The molecule has 34 heavy (non-hydrogen) atoms. The fourth-order valence-electron chi connectivity index (χ4n) is 8.89. The maximum atomic E-state index is 17.4. The molecule has 0 aromatic rings. The van der Waals surface area contributed by atoms with Crippen molar-refractivity contribution < 1.29 is 28.6 Å². The van der Waals surface area contributed by atoms with Crippen LogP contribution in [0.3, 0.4) is 0 Å². The quantitative estimate of drug-likeness (QED) is 0.402. The molecule has 4 rings (SSSR count). The molecule has 5 nitrogen and oxygen atoms in total. The van der Waals surface area contributed by atoms with Gasteiger partial charge in [-0.15, -0.1) is 11.6 Å². The zero-order valence-corrected chi connectivity index (χ0v) is 21.8. The molecule has 0 aliphatic heterocycles. The van der Waals surface area contributed by atoms with Crippen molar-refractivity contribution >= 4 is 29.1 Å². The second-order valence-electron chi connectivity index (χ2n) is 12.1. The number of aliphatic hydroxyl groups is 1. The van der Waals surface area contributed by atoms with Crippen LogP contribution in [0.2, 0.25) is 0 Å². The summed E-state index contributed by atoms with van der Waals surface area (Å²) in [6, 6.07) is 0. The van der Waals surface area contributed by atoms with E-state index in [4.69, 9.17) is 16.3 Å². The van der Waals surface area contributed by atoms with Gasteiger partial charge in [-0.1, -0.05) is 34.1 Å². The smallest absolute Gasteiger partial charge is 0.306 e. The van der Waals surface area contributed by atoms with Gasteiger partial charge in [0.1, 0.15) is 11.5 Å². The maximum Gasteiger partial charge on any atom is 0.306 e. The summed E-state index contributed by atoms with van der Waals surface area (Å²) in [5, 5.41) is 11.5. The number of alkyl halides is 2. The number of fused-ring (bicyclic) bond motifs is 5. The molecule has 7 heteroatoms. The molecule has 0 saturated heterocycles. The van der Waals surface area contributed by atoms with Gasteiger partial charge in [0.15, 0.2) is 11.4 Å². The average Bonchev–Trinajstić information content (AvgIpc) is 3.00. The molecule has 1 N–H and O–H groups in total. The van der Waals surface area contributed by atoms with Crippen LogP contribution in [-0.2, 0) is 19.1 Å². The topological polar surface area (TPSA) is 80.7 Å². The zero-order valence-electron chi connectivity index (χ0n) is 21.0. The van der Waals surface area contributed by atoms with Crippen molar-refractivity contribution in [2.24, 2.45) is 34.5 Å². The molecule has 4 aliphatic rings. The number of halogens is 2. The number of hydrogen-bond acceptors (Lipinski definition) is 5. The van der Waals surface area contributed by atoms with E-state index in [0.29, 0.717) is 38.5 Å². The van der Waals surface area contributed by atoms with Gasteiger partial charge >= 0.3 is 5.97 Å². The van der Waals surface area contributed by atoms with E-state index in [1.807, 2.05) is 27.7 Å². The third-order valence-electron chi connectivity index (χ3n) is 10.6. The Kier molecular flexibility index (Phi) is 6.77. The molecule has 9 atom stereocenters. The Morgan fingerprint density at radius 1 is 1.21 bits per heavy atom. The van der Waals surface area contributed by atoms with Gasteiger partial charge in [0.2, 0.25) is 0 Å². The van der Waals surface area contributed by atoms with Gasteiger partial charge in [-0.3, -0.25) is 14.4 Å². The minimum Gasteiger partial charge on any atom is -0.450 e. The van der Waals surface area contributed by atoms with Crippen molar-refractivity contribution in [3.63, 3.8) is 0 Å². The number of carbonyl (C=O) groups excluding carboxylic acids is 3. The van der Waals surface area contributed by atoms with Crippen molar-refractivity contribution in [2.45, 2.75) is 109 Å². The first-order chi connectivity index (χ1) is 15.9. The highest BCUT2D eigenvalue weighted by Gasteiger charge is 2.77. The molecule has 0 aromatic heterocycles. The molecule has 4 saturated carbocycles. The highest BCUT2D eigenvalue weighted by molar-refractivity contribution is 6.29. The van der Waals surface area contributed by atoms with E-state index in [9.17, 15) is 19.5 Å². The number of esters is 1. The molecule has 0 radical (unpaired) electrons. The van der Waals surface area contributed by atoms with Crippen molar-refractivity contribution in [3.05, 3.63) is 0 Å². The van der Waals surface area contributed by atoms with Crippen LogP contribution >= 0.6 is 11.6 Å². The Balaban J connectivity index is 1.77. The van der Waals surface area contributed by atoms with E-state index in [1.165, 1.54) is 0 Å². The summed E-state index contributed by atoms with van der Waals surface area (Å²) in [7, 11) is 0. The second-order valence-corrected chi connectivity index (χ2v) is 12.3. The Morgan fingerprint density at radius 2 is 1.91 bits per heavy atom. The van der Waals surface area contributed by atoms with E-state index in [0.717, 1.165) is 12.8 Å². The number of unbranched alkanes of at least 4 members (excludes halogenated alkanes) is 1. The van der Waals surface area contributed by atoms with Crippen LogP contribution in [0.15, 0.2) is 0 Å². The molecule has 4 aliphatic carbocycles. The van der Waals surface area contributed by atoms with Gasteiger partial charge < -0.3 is 9.84 Å². The Bertz CT molecular complexity index is 864. The first-order valence-corrected chi connectivity index (χ1v) is 13.7. The fourth-order valence-corrected chi connectivity index (χ4v) is 9.09. The third kappa shape index (κ3) is 3.29. The predicted octanol–water partition coefficient (Wildman–Crippen LogP) is 5.19. The van der Waals surface area contributed by atoms with Crippen molar-refractivity contribution in [1.82, 2.24) is 0 Å². The summed E-state index contributed by atoms with van der Waals surface area (Å²) in [6.45, 7) is 7.71. The number of carbonyl (C=O) groups is 3. The molecule has 0 bridgehead atoms. The average molecular weight is 499 g/mol. The summed E-state index contributed by atoms with van der Waals surface area (Å²) in [6.07, 6.45) is 3.45. The summed E-state index contributed by atoms with van der Waals surface area (Å²) in [5.41, 5.74) is -5.00. The maximum absolute atomic E-state index is 17.4. The fraction of sp³-hybridized carbons (Fsp3) is 0.889. The Morgan fingerprint density at radius 3 is 2.56 bits per heavy atom. The lowest BCUT2D eigenvalue weighted by molar-refractivity contribution is -0.257. The van der Waals surface area contributed by atoms with E-state index in [1.54, 1.807) is 0 Å². The van der Waals surface area contributed by atoms with Crippen LogP contribution in [0.1, 0.15) is 91.9 Å². The van der Waals surface area contributed by atoms with E-state index >= 15 is 4.39 Å². The number of aliphatic hydroxyl groups excluding tert-OH is 1. The molecule has 4 fully saturated rings. The number of ketones is 2. The molecular weight excluding hydrogens is 459 g/mol. The first-order valence-electron chi connectivity index (χ1n) is 13.1. The van der Waals surface area contributed by atoms with Crippen LogP contribution in [0, 0.1) is 34.5 Å². The zero-order chi connectivity index (χ0) is 25.1. The van der Waals surface area contributed by atoms with Crippen LogP contribution < -0.4 is 0 Å². The Labute approximate surface area is 207 Å². The normalized spacial score (nSPS) is 48.0. The summed E-state index contributed by atoms with van der Waals surface area (Å²) < 4.78 is 23.5. The van der Waals surface area contributed by atoms with Crippen LogP contribution in [-0.4, -0.2) is 45.9 Å². The van der Waals surface area contributed by atoms with Crippen LogP contribution in [0.4, 0.5) is 4.39 Å². The van der Waals surface area contributed by atoms with Gasteiger partial charge in [0.05, 0.1) is 12.0 Å². The van der Waals surface area contributed by atoms with Gasteiger partial charge in [0, 0.05) is 36.0 Å². The van der Waals surface area contributed by atoms with Crippen molar-refractivity contribution in [2.75, 3.05) is 5.88 Å². The van der Waals surface area contributed by atoms with Crippen molar-refractivity contribution in [1.29, 1.82) is 0 Å². The minimum atomic E-state index is -1.84. The van der Waals surface area contributed by atoms with Crippen LogP contribution in [0.5, 0.6) is 0 Å². The van der Waals surface area contributed by atoms with Crippen LogP contribution in [0.25, 0.3) is 0 Å². The van der Waals surface area contributed by atoms with Crippen molar-refractivity contribution in [3.8, 4) is 0 Å². The number of rotatable bonds is 6. The summed E-state index contributed by atoms with van der Waals surface area (Å²) in [5.74, 6) is -1.98. The first kappa shape index (κ1) is 26.1. The standard InChI is InChI=1S/C27H40ClFO5/c1-5-6-7-23(33)34-27(22(32)15-28)16(2)12-20-19-9-8-17-13-18(30)10-11-24(17,3)26(19,29)21(31)14-25(20,27)4/h16-17,19-21,31H,5-15H2,1-4H3/t16-,17+,19-,20-,21-,24-,25-,26-,27+/m0/s1. The SMILES string of the molecule is CCCCC(=O)O[C@@]1(C(=O)CCl)[C@@H](C)C[C@H]2[C@@H]3CC[C@@H]4CC(=O)CC[C@]4(C)[C@@]3(F)[C@@H](O)C[C@@]21C. The molecule has 0 aromatic carbocycles. The number of ether oxygens (including phenoxy) is 1. The summed E-state index contributed by atoms with van der Waals surface area (Å²) >= 11 is 6.09. The monoisotopic (exact) mass is 498 g/mol. The van der Waals surface area contributed by atoms with E-state index in [-0.39, 0.29) is 48.0 Å². The van der Waals surface area contributed by atoms with Gasteiger partial charge in [-0.25, -0.2) is 4.39 Å². The largest absolute Gasteiger partial charge is 0.450 e. The molecular formula is C27H40ClFO5.